The van der Waals surface area contributed by atoms with Crippen LogP contribution in [0.3, 0.4) is 0 Å². The molecule has 5 N–H and O–H groups in total. The van der Waals surface area contributed by atoms with Crippen molar-refractivity contribution >= 4 is 28.8 Å². The lowest BCUT2D eigenvalue weighted by Crippen LogP contribution is -2.51. The Kier molecular flexibility index (Phi) is 4.34. The van der Waals surface area contributed by atoms with Crippen molar-refractivity contribution in [2.75, 3.05) is 10.7 Å². The van der Waals surface area contributed by atoms with Gasteiger partial charge in [-0.05, 0) is 80.5 Å². The van der Waals surface area contributed by atoms with Gasteiger partial charge in [-0.1, -0.05) is 0 Å². The third-order valence-electron chi connectivity index (χ3n) is 6.32. The zero-order valence-electron chi connectivity index (χ0n) is 15.2. The lowest BCUT2D eigenvalue weighted by atomic mass is 9.49. The van der Waals surface area contributed by atoms with Crippen molar-refractivity contribution in [2.45, 2.75) is 38.5 Å². The first-order valence-electron chi connectivity index (χ1n) is 9.47. The summed E-state index contributed by atoms with van der Waals surface area (Å²) in [4.78, 5) is 13.1. The largest absolute Gasteiger partial charge is 0.382 e. The van der Waals surface area contributed by atoms with Gasteiger partial charge >= 0.3 is 0 Å². The third-order valence-corrected chi connectivity index (χ3v) is 6.32. The molecule has 0 unspecified atom stereocenters. The van der Waals surface area contributed by atoms with Gasteiger partial charge in [0.25, 0.3) is 0 Å². The van der Waals surface area contributed by atoms with Crippen LogP contribution in [-0.2, 0) is 4.79 Å². The molecule has 140 valence electrons. The fourth-order valence-corrected chi connectivity index (χ4v) is 5.55. The first-order chi connectivity index (χ1) is 13.0. The molecule has 4 aliphatic carbocycles. The maximum Gasteiger partial charge on any atom is 0.230 e. The molecule has 27 heavy (non-hydrogen) atoms. The van der Waals surface area contributed by atoms with Gasteiger partial charge in [-0.3, -0.25) is 15.6 Å². The molecule has 1 amide bonds. The van der Waals surface area contributed by atoms with E-state index in [4.69, 9.17) is 16.4 Å². The molecular weight excluding hydrogens is 340 g/mol. The van der Waals surface area contributed by atoms with Crippen molar-refractivity contribution in [2.24, 2.45) is 34.0 Å². The smallest absolute Gasteiger partial charge is 0.230 e. The highest BCUT2D eigenvalue weighted by atomic mass is 16.2. The molecule has 1 aromatic rings. The molecule has 4 fully saturated rings. The summed E-state index contributed by atoms with van der Waals surface area (Å²) >= 11 is 0. The second-order valence-corrected chi connectivity index (χ2v) is 8.33. The van der Waals surface area contributed by atoms with E-state index in [2.05, 4.69) is 15.8 Å². The minimum Gasteiger partial charge on any atom is -0.382 e. The van der Waals surface area contributed by atoms with Crippen LogP contribution in [0.15, 0.2) is 29.4 Å². The Morgan fingerprint density at radius 3 is 2.11 bits per heavy atom. The molecule has 7 nitrogen and oxygen atoms in total. The van der Waals surface area contributed by atoms with Crippen LogP contribution in [0, 0.1) is 39.9 Å². The van der Waals surface area contributed by atoms with E-state index < -0.39 is 0 Å². The van der Waals surface area contributed by atoms with E-state index in [0.29, 0.717) is 5.69 Å². The SMILES string of the molecule is N#C/C(=N\Nc1ccc(NC(=O)C23CC4CC(CC(C4)C2)C3)cc1)C(=N)N. The first-order valence-corrected chi connectivity index (χ1v) is 9.47. The number of anilines is 2. The summed E-state index contributed by atoms with van der Waals surface area (Å²) in [5.74, 6) is 2.00. The van der Waals surface area contributed by atoms with Crippen molar-refractivity contribution in [3.8, 4) is 6.07 Å². The number of amides is 1. The molecular formula is C20H24N6O. The zero-order chi connectivity index (χ0) is 19.0. The molecule has 4 saturated carbocycles. The second-order valence-electron chi connectivity index (χ2n) is 8.33. The maximum absolute atomic E-state index is 13.1. The molecule has 5 rings (SSSR count). The van der Waals surface area contributed by atoms with Gasteiger partial charge in [0.2, 0.25) is 11.6 Å². The van der Waals surface area contributed by atoms with Crippen LogP contribution in [0.5, 0.6) is 0 Å². The van der Waals surface area contributed by atoms with Crippen molar-refractivity contribution in [3.05, 3.63) is 24.3 Å². The zero-order valence-corrected chi connectivity index (χ0v) is 15.2. The molecule has 0 aromatic heterocycles. The average Bonchev–Trinajstić information content (AvgIpc) is 2.62. The van der Waals surface area contributed by atoms with Crippen molar-refractivity contribution < 1.29 is 4.79 Å². The number of hydrogen-bond donors (Lipinski definition) is 4. The number of nitrogens with one attached hydrogen (secondary N) is 3. The summed E-state index contributed by atoms with van der Waals surface area (Å²) in [6, 6.07) is 8.93. The Labute approximate surface area is 158 Å². The average molecular weight is 364 g/mol. The normalized spacial score (nSPS) is 31.2. The predicted octanol–water partition coefficient (Wildman–Crippen LogP) is 3.07. The van der Waals surface area contributed by atoms with Gasteiger partial charge < -0.3 is 11.1 Å². The van der Waals surface area contributed by atoms with Crippen LogP contribution >= 0.6 is 0 Å². The van der Waals surface area contributed by atoms with E-state index >= 15 is 0 Å². The minimum atomic E-state index is -0.385. The summed E-state index contributed by atoms with van der Waals surface area (Å²) in [5, 5.41) is 23.0. The molecule has 0 atom stereocenters. The molecule has 0 spiro atoms. The van der Waals surface area contributed by atoms with E-state index in [0.717, 1.165) is 42.7 Å². The summed E-state index contributed by atoms with van der Waals surface area (Å²) in [7, 11) is 0. The van der Waals surface area contributed by atoms with E-state index in [-0.39, 0.29) is 22.9 Å². The number of hydrogen-bond acceptors (Lipinski definition) is 5. The second kappa shape index (κ2) is 6.69. The standard InChI is InChI=1S/C20H24N6O/c21-11-17(18(22)23)26-25-16-3-1-15(2-4-16)24-19(27)20-8-12-5-13(9-20)7-14(6-12)10-20/h1-4,12-14,25H,5-10H2,(H3,22,23)(H,24,27)/b26-17+. The lowest BCUT2D eigenvalue weighted by Gasteiger charge is -2.55. The Balaban J connectivity index is 1.41. The van der Waals surface area contributed by atoms with Gasteiger partial charge in [0, 0.05) is 5.69 Å². The fraction of sp³-hybridized carbons (Fsp3) is 0.500. The number of carbonyl (C=O) groups excluding carboxylic acids is 1. The maximum atomic E-state index is 13.1. The van der Waals surface area contributed by atoms with E-state index in [1.165, 1.54) is 19.3 Å². The number of amidine groups is 1. The van der Waals surface area contributed by atoms with Gasteiger partial charge in [0.1, 0.15) is 6.07 Å². The number of hydrazone groups is 1. The van der Waals surface area contributed by atoms with Gasteiger partial charge in [-0.25, -0.2) is 0 Å². The number of benzene rings is 1. The van der Waals surface area contributed by atoms with Crippen LogP contribution < -0.4 is 16.5 Å². The van der Waals surface area contributed by atoms with Gasteiger partial charge in [-0.2, -0.15) is 10.4 Å². The van der Waals surface area contributed by atoms with Crippen molar-refractivity contribution in [3.63, 3.8) is 0 Å². The van der Waals surface area contributed by atoms with Gasteiger partial charge in [0.15, 0.2) is 5.84 Å². The van der Waals surface area contributed by atoms with Gasteiger partial charge in [-0.15, -0.1) is 0 Å². The van der Waals surface area contributed by atoms with Crippen LogP contribution in [0.4, 0.5) is 11.4 Å². The predicted molar refractivity (Wildman–Crippen MR) is 104 cm³/mol. The van der Waals surface area contributed by atoms with E-state index in [9.17, 15) is 4.79 Å². The number of nitrogens with two attached hydrogens (primary N) is 1. The Bertz CT molecular complexity index is 800. The molecule has 1 aromatic carbocycles. The number of nitriles is 1. The highest BCUT2D eigenvalue weighted by molar-refractivity contribution is 6.45. The van der Waals surface area contributed by atoms with Crippen LogP contribution in [0.1, 0.15) is 38.5 Å². The molecule has 0 saturated heterocycles. The number of carbonyl (C=O) groups is 1. The van der Waals surface area contributed by atoms with Crippen LogP contribution in [-0.4, -0.2) is 17.5 Å². The Morgan fingerprint density at radius 1 is 1.11 bits per heavy atom. The molecule has 0 heterocycles. The molecule has 0 aliphatic heterocycles. The molecule has 0 radical (unpaired) electrons. The summed E-state index contributed by atoms with van der Waals surface area (Å²) in [6.45, 7) is 0. The van der Waals surface area contributed by atoms with Gasteiger partial charge in [0.05, 0.1) is 11.1 Å². The third kappa shape index (κ3) is 3.39. The first kappa shape index (κ1) is 17.5. The highest BCUT2D eigenvalue weighted by Gasteiger charge is 2.54. The Hall–Kier alpha value is -2.88. The topological polar surface area (TPSA) is 127 Å². The summed E-state index contributed by atoms with van der Waals surface area (Å²) in [6.07, 6.45) is 7.08. The number of rotatable bonds is 5. The summed E-state index contributed by atoms with van der Waals surface area (Å²) < 4.78 is 0. The fourth-order valence-electron chi connectivity index (χ4n) is 5.55. The summed E-state index contributed by atoms with van der Waals surface area (Å²) in [5.41, 5.74) is 9.03. The molecule has 7 heteroatoms. The van der Waals surface area contributed by atoms with Crippen LogP contribution in [0.2, 0.25) is 0 Å². The molecule has 4 bridgehead atoms. The Morgan fingerprint density at radius 2 is 1.63 bits per heavy atom. The monoisotopic (exact) mass is 364 g/mol. The van der Waals surface area contributed by atoms with Crippen molar-refractivity contribution in [1.82, 2.24) is 0 Å². The lowest BCUT2D eigenvalue weighted by molar-refractivity contribution is -0.140. The minimum absolute atomic E-state index is 0.168. The highest BCUT2D eigenvalue weighted by Crippen LogP contribution is 2.60. The quantitative estimate of drug-likeness (QED) is 0.364. The number of nitrogens with zero attached hydrogens (tertiary/aromatic N) is 2. The molecule has 4 aliphatic rings. The van der Waals surface area contributed by atoms with Crippen molar-refractivity contribution in [1.29, 1.82) is 10.7 Å². The van der Waals surface area contributed by atoms with Crippen LogP contribution in [0.25, 0.3) is 0 Å². The van der Waals surface area contributed by atoms with E-state index in [1.807, 2.05) is 12.1 Å². The van der Waals surface area contributed by atoms with E-state index in [1.54, 1.807) is 18.2 Å².